The van der Waals surface area contributed by atoms with Gasteiger partial charge in [-0.05, 0) is 23.8 Å². The molecule has 2 nitrogen and oxygen atoms in total. The van der Waals surface area contributed by atoms with E-state index in [1.807, 2.05) is 30.0 Å². The van der Waals surface area contributed by atoms with Crippen molar-refractivity contribution in [3.8, 4) is 11.4 Å². The second-order valence-electron chi connectivity index (χ2n) is 5.37. The number of fused-ring (bicyclic) bond motifs is 1. The standard InChI is InChI=1S/C20H16N2S/c1-2-8-15(9-3-1)14-23-19-13-7-4-10-16(19)20-21-17-11-5-6-12-18(17)22-20/h1-13H,14H2,(H,21,22). The number of para-hydroxylation sites is 2. The molecule has 23 heavy (non-hydrogen) atoms. The first-order valence-electron chi connectivity index (χ1n) is 7.61. The van der Waals surface area contributed by atoms with Crippen LogP contribution in [-0.2, 0) is 5.75 Å². The Kier molecular flexibility index (Phi) is 3.86. The minimum Gasteiger partial charge on any atom is -0.338 e. The molecule has 0 radical (unpaired) electrons. The fourth-order valence-corrected chi connectivity index (χ4v) is 3.61. The maximum absolute atomic E-state index is 4.73. The summed E-state index contributed by atoms with van der Waals surface area (Å²) >= 11 is 1.84. The van der Waals surface area contributed by atoms with E-state index in [1.165, 1.54) is 10.5 Å². The van der Waals surface area contributed by atoms with Crippen LogP contribution in [-0.4, -0.2) is 9.97 Å². The van der Waals surface area contributed by atoms with E-state index >= 15 is 0 Å². The second-order valence-corrected chi connectivity index (χ2v) is 6.39. The average Bonchev–Trinajstić information content (AvgIpc) is 3.05. The van der Waals surface area contributed by atoms with Crippen LogP contribution in [0.25, 0.3) is 22.4 Å². The highest BCUT2D eigenvalue weighted by Gasteiger charge is 2.09. The molecule has 0 aliphatic heterocycles. The highest BCUT2D eigenvalue weighted by atomic mass is 32.2. The molecule has 112 valence electrons. The fraction of sp³-hybridized carbons (Fsp3) is 0.0500. The van der Waals surface area contributed by atoms with E-state index in [4.69, 9.17) is 4.98 Å². The van der Waals surface area contributed by atoms with Crippen LogP contribution >= 0.6 is 11.8 Å². The summed E-state index contributed by atoms with van der Waals surface area (Å²) in [4.78, 5) is 9.40. The van der Waals surface area contributed by atoms with Gasteiger partial charge >= 0.3 is 0 Å². The van der Waals surface area contributed by atoms with E-state index in [9.17, 15) is 0 Å². The number of hydrogen-bond donors (Lipinski definition) is 1. The zero-order chi connectivity index (χ0) is 15.5. The summed E-state index contributed by atoms with van der Waals surface area (Å²) in [7, 11) is 0. The topological polar surface area (TPSA) is 28.7 Å². The van der Waals surface area contributed by atoms with Gasteiger partial charge in [0.25, 0.3) is 0 Å². The van der Waals surface area contributed by atoms with Gasteiger partial charge in [-0.3, -0.25) is 0 Å². The number of H-pyrrole nitrogens is 1. The highest BCUT2D eigenvalue weighted by molar-refractivity contribution is 7.98. The van der Waals surface area contributed by atoms with Crippen molar-refractivity contribution in [3.63, 3.8) is 0 Å². The van der Waals surface area contributed by atoms with E-state index in [0.717, 1.165) is 28.2 Å². The van der Waals surface area contributed by atoms with Gasteiger partial charge in [-0.15, -0.1) is 11.8 Å². The number of nitrogens with one attached hydrogen (secondary N) is 1. The Morgan fingerprint density at radius 2 is 1.52 bits per heavy atom. The zero-order valence-electron chi connectivity index (χ0n) is 12.6. The van der Waals surface area contributed by atoms with E-state index < -0.39 is 0 Å². The molecule has 0 aliphatic carbocycles. The Labute approximate surface area is 139 Å². The predicted molar refractivity (Wildman–Crippen MR) is 97.5 cm³/mol. The number of aromatic nitrogens is 2. The van der Waals surface area contributed by atoms with Crippen molar-refractivity contribution in [1.82, 2.24) is 9.97 Å². The molecule has 0 aliphatic rings. The molecule has 0 spiro atoms. The quantitative estimate of drug-likeness (QED) is 0.502. The van der Waals surface area contributed by atoms with Crippen molar-refractivity contribution in [2.24, 2.45) is 0 Å². The van der Waals surface area contributed by atoms with Gasteiger partial charge in [0.15, 0.2) is 0 Å². The first kappa shape index (κ1) is 14.1. The number of rotatable bonds is 4. The Balaban J connectivity index is 1.66. The molecule has 0 atom stereocenters. The van der Waals surface area contributed by atoms with E-state index in [0.29, 0.717) is 0 Å². The van der Waals surface area contributed by atoms with Crippen LogP contribution in [0, 0.1) is 0 Å². The fourth-order valence-electron chi connectivity index (χ4n) is 2.60. The predicted octanol–water partition coefficient (Wildman–Crippen LogP) is 5.52. The Morgan fingerprint density at radius 3 is 2.39 bits per heavy atom. The van der Waals surface area contributed by atoms with Crippen LogP contribution in [0.1, 0.15) is 5.56 Å². The average molecular weight is 316 g/mol. The van der Waals surface area contributed by atoms with Crippen LogP contribution in [0.15, 0.2) is 83.8 Å². The van der Waals surface area contributed by atoms with Crippen LogP contribution < -0.4 is 0 Å². The summed E-state index contributed by atoms with van der Waals surface area (Å²) in [6, 6.07) is 27.1. The lowest BCUT2D eigenvalue weighted by Crippen LogP contribution is -1.86. The first-order valence-corrected chi connectivity index (χ1v) is 8.59. The molecule has 0 saturated carbocycles. The molecular weight excluding hydrogens is 300 g/mol. The number of thioether (sulfide) groups is 1. The van der Waals surface area contributed by atoms with Gasteiger partial charge in [0, 0.05) is 16.2 Å². The summed E-state index contributed by atoms with van der Waals surface area (Å²) in [5.41, 5.74) is 4.57. The number of nitrogens with zero attached hydrogens (tertiary/aromatic N) is 1. The van der Waals surface area contributed by atoms with Crippen molar-refractivity contribution in [2.45, 2.75) is 10.6 Å². The van der Waals surface area contributed by atoms with E-state index in [-0.39, 0.29) is 0 Å². The molecule has 1 N–H and O–H groups in total. The van der Waals surface area contributed by atoms with Crippen molar-refractivity contribution < 1.29 is 0 Å². The summed E-state index contributed by atoms with van der Waals surface area (Å²) < 4.78 is 0. The lowest BCUT2D eigenvalue weighted by Gasteiger charge is -2.07. The van der Waals surface area contributed by atoms with Gasteiger partial charge in [-0.25, -0.2) is 4.98 Å². The van der Waals surface area contributed by atoms with Gasteiger partial charge in [0.05, 0.1) is 11.0 Å². The van der Waals surface area contributed by atoms with Gasteiger partial charge in [-0.1, -0.05) is 60.7 Å². The van der Waals surface area contributed by atoms with Crippen LogP contribution in [0.5, 0.6) is 0 Å². The van der Waals surface area contributed by atoms with Crippen molar-refractivity contribution in [2.75, 3.05) is 0 Å². The van der Waals surface area contributed by atoms with E-state index in [1.54, 1.807) is 0 Å². The summed E-state index contributed by atoms with van der Waals surface area (Å²) in [6.07, 6.45) is 0. The Morgan fingerprint density at radius 1 is 0.783 bits per heavy atom. The largest absolute Gasteiger partial charge is 0.338 e. The molecular formula is C20H16N2S. The second kappa shape index (κ2) is 6.31. The molecule has 4 aromatic rings. The molecule has 1 aromatic heterocycles. The third-order valence-electron chi connectivity index (χ3n) is 3.77. The third-order valence-corrected chi connectivity index (χ3v) is 4.91. The summed E-state index contributed by atoms with van der Waals surface area (Å²) in [5.74, 6) is 1.89. The minimum atomic E-state index is 0.933. The number of imidazole rings is 1. The van der Waals surface area contributed by atoms with Crippen LogP contribution in [0.2, 0.25) is 0 Å². The van der Waals surface area contributed by atoms with Gasteiger partial charge in [-0.2, -0.15) is 0 Å². The normalized spacial score (nSPS) is 11.0. The van der Waals surface area contributed by atoms with Gasteiger partial charge < -0.3 is 4.98 Å². The zero-order valence-corrected chi connectivity index (χ0v) is 13.4. The van der Waals surface area contributed by atoms with Gasteiger partial charge in [0.2, 0.25) is 0 Å². The molecule has 0 saturated heterocycles. The molecule has 1 heterocycles. The Hall–Kier alpha value is -2.52. The molecule has 0 amide bonds. The SMILES string of the molecule is c1ccc(CSc2ccccc2-c2nc3ccccc3[nH]2)cc1. The number of hydrogen-bond acceptors (Lipinski definition) is 2. The molecule has 0 fully saturated rings. The lowest BCUT2D eigenvalue weighted by molar-refractivity contribution is 1.28. The maximum Gasteiger partial charge on any atom is 0.139 e. The molecule has 3 aromatic carbocycles. The molecule has 0 unspecified atom stereocenters. The summed E-state index contributed by atoms with van der Waals surface area (Å²) in [5, 5.41) is 0. The lowest BCUT2D eigenvalue weighted by atomic mass is 10.2. The van der Waals surface area contributed by atoms with Crippen LogP contribution in [0.4, 0.5) is 0 Å². The first-order chi connectivity index (χ1) is 11.4. The number of aromatic amines is 1. The maximum atomic E-state index is 4.73. The monoisotopic (exact) mass is 316 g/mol. The summed E-state index contributed by atoms with van der Waals surface area (Å²) in [6.45, 7) is 0. The smallest absolute Gasteiger partial charge is 0.139 e. The third kappa shape index (κ3) is 3.01. The number of benzene rings is 3. The van der Waals surface area contributed by atoms with Crippen molar-refractivity contribution in [1.29, 1.82) is 0 Å². The molecule has 4 rings (SSSR count). The van der Waals surface area contributed by atoms with Crippen LogP contribution in [0.3, 0.4) is 0 Å². The van der Waals surface area contributed by atoms with E-state index in [2.05, 4.69) is 65.6 Å². The molecule has 3 heteroatoms. The highest BCUT2D eigenvalue weighted by Crippen LogP contribution is 2.32. The Bertz CT molecular complexity index is 895. The molecule has 0 bridgehead atoms. The van der Waals surface area contributed by atoms with Crippen molar-refractivity contribution >= 4 is 22.8 Å². The van der Waals surface area contributed by atoms with Crippen molar-refractivity contribution in [3.05, 3.63) is 84.4 Å². The van der Waals surface area contributed by atoms with Gasteiger partial charge in [0.1, 0.15) is 5.82 Å². The minimum absolute atomic E-state index is 0.933.